The zero-order valence-electron chi connectivity index (χ0n) is 34.5. The predicted octanol–water partition coefficient (Wildman–Crippen LogP) is 16.4. The van der Waals surface area contributed by atoms with E-state index in [2.05, 4.69) is 131 Å². The second kappa shape index (κ2) is 14.1. The molecule has 302 valence electrons. The number of furan rings is 3. The van der Waals surface area contributed by atoms with E-state index in [1.54, 1.807) is 0 Å². The average molecular weight is 833 g/mol. The van der Waals surface area contributed by atoms with Crippen LogP contribution in [0.25, 0.3) is 87.4 Å². The lowest BCUT2D eigenvalue weighted by molar-refractivity contribution is 0.669. The van der Waals surface area contributed by atoms with Crippen molar-refractivity contribution in [2.45, 2.75) is 0 Å². The van der Waals surface area contributed by atoms with Crippen molar-refractivity contribution in [2.75, 3.05) is 9.80 Å². The van der Waals surface area contributed by atoms with Gasteiger partial charge in [0.05, 0.1) is 46.0 Å². The lowest BCUT2D eigenvalue weighted by atomic mass is 9.99. The fraction of sp³-hybridized carbons (Fsp3) is 0. The summed E-state index contributed by atoms with van der Waals surface area (Å²) < 4.78 is 20.5. The van der Waals surface area contributed by atoms with Crippen molar-refractivity contribution in [3.05, 3.63) is 205 Å². The predicted molar refractivity (Wildman–Crippen MR) is 262 cm³/mol. The highest BCUT2D eigenvalue weighted by molar-refractivity contribution is 6.26. The molecule has 0 N–H and O–H groups in total. The number of rotatable bonds is 6. The van der Waals surface area contributed by atoms with Gasteiger partial charge >= 0.3 is 0 Å². The van der Waals surface area contributed by atoms with Crippen molar-refractivity contribution in [3.8, 4) is 12.1 Å². The Morgan fingerprint density at radius 3 is 1.06 bits per heavy atom. The quantitative estimate of drug-likeness (QED) is 0.165. The summed E-state index contributed by atoms with van der Waals surface area (Å²) in [6.07, 6.45) is 0. The molecule has 7 nitrogen and oxygen atoms in total. The number of hydrogen-bond donors (Lipinski definition) is 0. The lowest BCUT2D eigenvalue weighted by Gasteiger charge is -2.27. The van der Waals surface area contributed by atoms with E-state index in [1.165, 1.54) is 0 Å². The second-order valence-electron chi connectivity index (χ2n) is 16.2. The Bertz CT molecular complexity index is 3900. The van der Waals surface area contributed by atoms with Crippen LogP contribution in [-0.2, 0) is 0 Å². The number of nitrogens with zero attached hydrogens (tertiary/aromatic N) is 4. The van der Waals surface area contributed by atoms with Gasteiger partial charge in [0.15, 0.2) is 11.2 Å². The highest BCUT2D eigenvalue weighted by Gasteiger charge is 2.27. The van der Waals surface area contributed by atoms with Crippen LogP contribution in [0.5, 0.6) is 0 Å². The third kappa shape index (κ3) is 5.47. The Hall–Kier alpha value is -9.30. The van der Waals surface area contributed by atoms with Gasteiger partial charge in [-0.05, 0) is 84.9 Å². The number of para-hydroxylation sites is 4. The molecule has 65 heavy (non-hydrogen) atoms. The van der Waals surface area contributed by atoms with Gasteiger partial charge in [-0.15, -0.1) is 0 Å². The third-order valence-electron chi connectivity index (χ3n) is 12.7. The molecule has 13 aromatic rings. The Labute approximate surface area is 371 Å². The fourth-order valence-corrected chi connectivity index (χ4v) is 9.75. The molecular formula is C58H32N4O3. The lowest BCUT2D eigenvalue weighted by Crippen LogP contribution is -2.11. The zero-order valence-corrected chi connectivity index (χ0v) is 34.5. The smallest absolute Gasteiger partial charge is 0.159 e. The van der Waals surface area contributed by atoms with Gasteiger partial charge < -0.3 is 23.1 Å². The van der Waals surface area contributed by atoms with Gasteiger partial charge in [0.1, 0.15) is 22.3 Å². The number of benzene rings is 10. The third-order valence-corrected chi connectivity index (χ3v) is 12.7. The molecule has 3 aromatic heterocycles. The van der Waals surface area contributed by atoms with E-state index in [4.69, 9.17) is 13.3 Å². The van der Waals surface area contributed by atoms with Crippen LogP contribution < -0.4 is 9.80 Å². The van der Waals surface area contributed by atoms with Gasteiger partial charge in [0.25, 0.3) is 0 Å². The minimum atomic E-state index is 0.571. The molecule has 0 spiro atoms. The summed E-state index contributed by atoms with van der Waals surface area (Å²) >= 11 is 0. The number of anilines is 6. The molecule has 0 saturated heterocycles. The van der Waals surface area contributed by atoms with Gasteiger partial charge in [-0.2, -0.15) is 10.5 Å². The molecule has 0 fully saturated rings. The van der Waals surface area contributed by atoms with Crippen molar-refractivity contribution in [1.29, 1.82) is 10.5 Å². The van der Waals surface area contributed by atoms with Crippen LogP contribution in [0.1, 0.15) is 11.1 Å². The largest absolute Gasteiger partial charge is 0.455 e. The summed E-state index contributed by atoms with van der Waals surface area (Å²) in [5.41, 5.74) is 11.1. The summed E-state index contributed by atoms with van der Waals surface area (Å²) in [6, 6.07) is 69.9. The second-order valence-corrected chi connectivity index (χ2v) is 16.2. The van der Waals surface area contributed by atoms with Gasteiger partial charge in [-0.1, -0.05) is 109 Å². The molecular weight excluding hydrogens is 801 g/mol. The van der Waals surface area contributed by atoms with Crippen LogP contribution in [0, 0.1) is 22.7 Å². The van der Waals surface area contributed by atoms with Crippen LogP contribution in [0.3, 0.4) is 0 Å². The van der Waals surface area contributed by atoms with Gasteiger partial charge in [0.2, 0.25) is 0 Å². The first kappa shape index (κ1) is 36.4. The molecule has 10 aromatic carbocycles. The van der Waals surface area contributed by atoms with Crippen LogP contribution in [0.2, 0.25) is 0 Å². The Balaban J connectivity index is 1.13. The van der Waals surface area contributed by atoms with E-state index in [0.717, 1.165) is 121 Å². The molecule has 0 aliphatic heterocycles. The summed E-state index contributed by atoms with van der Waals surface area (Å²) in [5.74, 6) is 0. The molecule has 0 aliphatic rings. The van der Waals surface area contributed by atoms with E-state index in [9.17, 15) is 10.5 Å². The topological polar surface area (TPSA) is 93.5 Å². The first-order chi connectivity index (χ1) is 32.1. The molecule has 0 aliphatic carbocycles. The molecule has 13 rings (SSSR count). The maximum absolute atomic E-state index is 9.84. The zero-order chi connectivity index (χ0) is 43.2. The molecule has 0 unspecified atom stereocenters. The first-order valence-electron chi connectivity index (χ1n) is 21.4. The monoisotopic (exact) mass is 832 g/mol. The van der Waals surface area contributed by atoms with Crippen LogP contribution in [0.4, 0.5) is 34.1 Å². The normalized spacial score (nSPS) is 11.7. The number of fused-ring (bicyclic) bond motifs is 13. The average Bonchev–Trinajstić information content (AvgIpc) is 4.07. The summed E-state index contributed by atoms with van der Waals surface area (Å²) in [5, 5.41) is 29.5. The van der Waals surface area contributed by atoms with Gasteiger partial charge in [0, 0.05) is 65.2 Å². The maximum Gasteiger partial charge on any atom is 0.159 e. The minimum absolute atomic E-state index is 0.571. The standard InChI is InChI=1S/C58H32N4O3/c59-33-35-23-27-37(28-24-35)61(49-19-9-17-45-41-13-5-7-21-53(41)63-57(45)49)51-31-47-48-32-52(40-12-2-4-16-44(40)56(48)65-55(47)43-15-3-1-11-39(43)51)62(38-29-25-36(34-60)26-30-38)50-20-10-18-46-42-14-6-8-22-54(42)64-58(46)50/h1-32H. The van der Waals surface area contributed by atoms with Crippen LogP contribution >= 0.6 is 0 Å². The molecule has 0 amide bonds. The number of nitriles is 2. The first-order valence-corrected chi connectivity index (χ1v) is 21.4. The summed E-state index contributed by atoms with van der Waals surface area (Å²) in [6.45, 7) is 0. The van der Waals surface area contributed by atoms with Gasteiger partial charge in [-0.3, -0.25) is 0 Å². The fourth-order valence-electron chi connectivity index (χ4n) is 9.75. The van der Waals surface area contributed by atoms with Crippen LogP contribution in [-0.4, -0.2) is 0 Å². The van der Waals surface area contributed by atoms with Crippen molar-refractivity contribution in [2.24, 2.45) is 0 Å². The Kier molecular flexibility index (Phi) is 7.90. The molecule has 0 saturated carbocycles. The van der Waals surface area contributed by atoms with Crippen LogP contribution in [0.15, 0.2) is 207 Å². The van der Waals surface area contributed by atoms with Crippen molar-refractivity contribution in [1.82, 2.24) is 0 Å². The Morgan fingerprint density at radius 2 is 0.646 bits per heavy atom. The van der Waals surface area contributed by atoms with E-state index in [1.807, 2.05) is 84.9 Å². The van der Waals surface area contributed by atoms with Crippen molar-refractivity contribution in [3.63, 3.8) is 0 Å². The van der Waals surface area contributed by atoms with Crippen molar-refractivity contribution < 1.29 is 13.3 Å². The van der Waals surface area contributed by atoms with Gasteiger partial charge in [-0.25, -0.2) is 0 Å². The highest BCUT2D eigenvalue weighted by Crippen LogP contribution is 2.51. The van der Waals surface area contributed by atoms with E-state index in [-0.39, 0.29) is 0 Å². The number of hydrogen-bond acceptors (Lipinski definition) is 7. The maximum atomic E-state index is 9.84. The summed E-state index contributed by atoms with van der Waals surface area (Å²) in [7, 11) is 0. The SMILES string of the molecule is N#Cc1ccc(N(c2cc3c4cc(N(c5ccc(C#N)cc5)c5cccc6c5oc5ccccc56)c5ccccc5c4oc3c3ccccc23)c2cccc3c2oc2ccccc23)cc1. The molecule has 0 bridgehead atoms. The Morgan fingerprint density at radius 1 is 0.292 bits per heavy atom. The molecule has 3 heterocycles. The highest BCUT2D eigenvalue weighted by atomic mass is 16.3. The molecule has 0 radical (unpaired) electrons. The summed E-state index contributed by atoms with van der Waals surface area (Å²) in [4.78, 5) is 4.47. The van der Waals surface area contributed by atoms with E-state index >= 15 is 0 Å². The van der Waals surface area contributed by atoms with Crippen molar-refractivity contribution >= 4 is 121 Å². The molecule has 7 heteroatoms. The van der Waals surface area contributed by atoms with E-state index in [0.29, 0.717) is 11.1 Å². The minimum Gasteiger partial charge on any atom is -0.455 e. The van der Waals surface area contributed by atoms with E-state index < -0.39 is 0 Å². The molecule has 0 atom stereocenters.